The normalized spacial score (nSPS) is 10.5. The van der Waals surface area contributed by atoms with Gasteiger partial charge in [0.05, 0.1) is 12.4 Å². The molecule has 8 heteroatoms. The Labute approximate surface area is 124 Å². The fourth-order valence-corrected chi connectivity index (χ4v) is 1.65. The van der Waals surface area contributed by atoms with Crippen molar-refractivity contribution in [3.8, 4) is 0 Å². The quantitative estimate of drug-likeness (QED) is 0.193. The highest BCUT2D eigenvalue weighted by atomic mass is 19.2. The first-order chi connectivity index (χ1) is 10.3. The summed E-state index contributed by atoms with van der Waals surface area (Å²) in [5.41, 5.74) is -1.77. The number of allylic oxidation sites excluding steroid dienone is 1. The number of rotatable bonds is 7. The Morgan fingerprint density at radius 2 is 1.64 bits per heavy atom. The van der Waals surface area contributed by atoms with Crippen LogP contribution in [0.1, 0.15) is 22.8 Å². The highest BCUT2D eigenvalue weighted by Gasteiger charge is 2.30. The molecule has 1 rings (SSSR count). The molecule has 0 fully saturated rings. The van der Waals surface area contributed by atoms with Gasteiger partial charge in [-0.05, 0) is 6.92 Å². The predicted molar refractivity (Wildman–Crippen MR) is 68.0 cm³/mol. The summed E-state index contributed by atoms with van der Waals surface area (Å²) in [4.78, 5) is 11.7. The van der Waals surface area contributed by atoms with Crippen LogP contribution in [0.25, 0.3) is 0 Å². The molecule has 0 aromatic heterocycles. The lowest BCUT2D eigenvalue weighted by Crippen LogP contribution is -2.17. The van der Waals surface area contributed by atoms with Crippen LogP contribution in [0.2, 0.25) is 0 Å². The maximum absolute atomic E-state index is 13.9. The number of halogens is 4. The fourth-order valence-electron chi connectivity index (χ4n) is 1.65. The Kier molecular flexibility index (Phi) is 6.36. The molecule has 4 nitrogen and oxygen atoms in total. The van der Waals surface area contributed by atoms with Crippen LogP contribution >= 0.6 is 0 Å². The summed E-state index contributed by atoms with van der Waals surface area (Å²) in [6, 6.07) is 0. The standard InChI is InChI=1S/C14H14F4O4/c1-4-21-14(19)9-8(5-7(2)22-6-20-3)10(15)12(17)13(18)11(9)16/h2,4-6H2,1,3H3. The number of ether oxygens (including phenoxy) is 3. The van der Waals surface area contributed by atoms with Gasteiger partial charge in [-0.3, -0.25) is 0 Å². The van der Waals surface area contributed by atoms with E-state index in [1.165, 1.54) is 14.0 Å². The molecule has 122 valence electrons. The van der Waals surface area contributed by atoms with E-state index in [9.17, 15) is 22.4 Å². The van der Waals surface area contributed by atoms with Gasteiger partial charge in [-0.2, -0.15) is 0 Å². The number of hydrogen-bond acceptors (Lipinski definition) is 4. The zero-order chi connectivity index (χ0) is 16.9. The molecular weight excluding hydrogens is 308 g/mol. The van der Waals surface area contributed by atoms with Gasteiger partial charge in [0, 0.05) is 19.1 Å². The van der Waals surface area contributed by atoms with E-state index in [4.69, 9.17) is 4.74 Å². The van der Waals surface area contributed by atoms with E-state index >= 15 is 0 Å². The lowest BCUT2D eigenvalue weighted by atomic mass is 10.0. The zero-order valence-corrected chi connectivity index (χ0v) is 12.0. The Bertz CT molecular complexity index is 587. The zero-order valence-electron chi connectivity index (χ0n) is 12.0. The second-order valence-corrected chi connectivity index (χ2v) is 4.10. The van der Waals surface area contributed by atoms with E-state index in [1.54, 1.807) is 0 Å². The Balaban J connectivity index is 3.33. The molecule has 0 saturated heterocycles. The van der Waals surface area contributed by atoms with Crippen LogP contribution in [0.4, 0.5) is 17.6 Å². The number of hydrogen-bond donors (Lipinski definition) is 0. The molecule has 0 saturated carbocycles. The Morgan fingerprint density at radius 1 is 1.05 bits per heavy atom. The molecule has 0 N–H and O–H groups in total. The molecular formula is C14H14F4O4. The van der Waals surface area contributed by atoms with E-state index in [-0.39, 0.29) is 19.2 Å². The number of methoxy groups -OCH3 is 1. The van der Waals surface area contributed by atoms with Crippen molar-refractivity contribution < 1.29 is 36.6 Å². The van der Waals surface area contributed by atoms with Gasteiger partial charge in [0.2, 0.25) is 0 Å². The van der Waals surface area contributed by atoms with E-state index in [0.29, 0.717) is 0 Å². The molecule has 0 bridgehead atoms. The van der Waals surface area contributed by atoms with Crippen LogP contribution in [0, 0.1) is 23.3 Å². The van der Waals surface area contributed by atoms with Crippen LogP contribution in [0.5, 0.6) is 0 Å². The van der Waals surface area contributed by atoms with Crippen molar-refractivity contribution >= 4 is 5.97 Å². The maximum atomic E-state index is 13.9. The van der Waals surface area contributed by atoms with Crippen LogP contribution < -0.4 is 0 Å². The average Bonchev–Trinajstić information content (AvgIpc) is 2.48. The molecule has 0 aliphatic rings. The van der Waals surface area contributed by atoms with E-state index < -0.39 is 46.8 Å². The van der Waals surface area contributed by atoms with Gasteiger partial charge in [-0.25, -0.2) is 22.4 Å². The molecule has 0 atom stereocenters. The lowest BCUT2D eigenvalue weighted by Gasteiger charge is -2.14. The maximum Gasteiger partial charge on any atom is 0.341 e. The number of carbonyl (C=O) groups is 1. The molecule has 0 radical (unpaired) electrons. The third kappa shape index (κ3) is 3.76. The van der Waals surface area contributed by atoms with Gasteiger partial charge in [0.1, 0.15) is 5.56 Å². The summed E-state index contributed by atoms with van der Waals surface area (Å²) in [7, 11) is 1.31. The number of carbonyl (C=O) groups excluding carboxylic acids is 1. The highest BCUT2D eigenvalue weighted by molar-refractivity contribution is 5.91. The molecule has 1 aromatic carbocycles. The minimum atomic E-state index is -2.09. The van der Waals surface area contributed by atoms with Gasteiger partial charge < -0.3 is 14.2 Å². The molecule has 0 heterocycles. The molecule has 1 aromatic rings. The minimum absolute atomic E-state index is 0.128. The summed E-state index contributed by atoms with van der Waals surface area (Å²) >= 11 is 0. The Hall–Kier alpha value is -2.09. The first-order valence-corrected chi connectivity index (χ1v) is 6.16. The van der Waals surface area contributed by atoms with E-state index in [2.05, 4.69) is 16.1 Å². The summed E-state index contributed by atoms with van der Waals surface area (Å²) in [5, 5.41) is 0. The number of esters is 1. The Morgan fingerprint density at radius 3 is 2.18 bits per heavy atom. The van der Waals surface area contributed by atoms with Crippen molar-refractivity contribution in [1.29, 1.82) is 0 Å². The second kappa shape index (κ2) is 7.79. The topological polar surface area (TPSA) is 44.8 Å². The van der Waals surface area contributed by atoms with Crippen LogP contribution in [-0.2, 0) is 20.6 Å². The monoisotopic (exact) mass is 322 g/mol. The summed E-state index contributed by atoms with van der Waals surface area (Å²) in [5.74, 6) is -9.09. The van der Waals surface area contributed by atoms with Crippen LogP contribution in [0.15, 0.2) is 12.3 Å². The van der Waals surface area contributed by atoms with Crippen molar-refractivity contribution in [3.63, 3.8) is 0 Å². The van der Waals surface area contributed by atoms with Gasteiger partial charge in [0.25, 0.3) is 0 Å². The predicted octanol–water partition coefficient (Wildman–Crippen LogP) is 3.10. The molecule has 0 amide bonds. The first kappa shape index (κ1) is 18.0. The van der Waals surface area contributed by atoms with Gasteiger partial charge in [0.15, 0.2) is 30.1 Å². The van der Waals surface area contributed by atoms with Crippen molar-refractivity contribution in [1.82, 2.24) is 0 Å². The van der Waals surface area contributed by atoms with Crippen molar-refractivity contribution in [3.05, 3.63) is 46.7 Å². The van der Waals surface area contributed by atoms with Gasteiger partial charge in [-0.15, -0.1) is 0 Å². The molecule has 0 aliphatic heterocycles. The average molecular weight is 322 g/mol. The van der Waals surface area contributed by atoms with E-state index in [0.717, 1.165) is 0 Å². The summed E-state index contributed by atoms with van der Waals surface area (Å²) < 4.78 is 68.3. The van der Waals surface area contributed by atoms with Gasteiger partial charge >= 0.3 is 5.97 Å². The highest BCUT2D eigenvalue weighted by Crippen LogP contribution is 2.27. The number of benzene rings is 1. The summed E-state index contributed by atoms with van der Waals surface area (Å²) in [6.07, 6.45) is -0.558. The van der Waals surface area contributed by atoms with Crippen molar-refractivity contribution in [2.75, 3.05) is 20.5 Å². The van der Waals surface area contributed by atoms with Crippen molar-refractivity contribution in [2.45, 2.75) is 13.3 Å². The van der Waals surface area contributed by atoms with Crippen LogP contribution in [-0.4, -0.2) is 26.5 Å². The molecule has 22 heavy (non-hydrogen) atoms. The first-order valence-electron chi connectivity index (χ1n) is 6.16. The molecule has 0 spiro atoms. The molecule has 0 aliphatic carbocycles. The lowest BCUT2D eigenvalue weighted by molar-refractivity contribution is 0.00408. The smallest absolute Gasteiger partial charge is 0.341 e. The SMILES string of the molecule is C=C(Cc1c(F)c(F)c(F)c(F)c1C(=O)OCC)OCOC. The fraction of sp³-hybridized carbons (Fsp3) is 0.357. The summed E-state index contributed by atoms with van der Waals surface area (Å²) in [6.45, 7) is 4.43. The third-order valence-corrected chi connectivity index (χ3v) is 2.60. The van der Waals surface area contributed by atoms with E-state index in [1.807, 2.05) is 0 Å². The van der Waals surface area contributed by atoms with Crippen LogP contribution in [0.3, 0.4) is 0 Å². The van der Waals surface area contributed by atoms with Gasteiger partial charge in [-0.1, -0.05) is 6.58 Å². The minimum Gasteiger partial charge on any atom is -0.472 e. The largest absolute Gasteiger partial charge is 0.472 e. The second-order valence-electron chi connectivity index (χ2n) is 4.10. The third-order valence-electron chi connectivity index (χ3n) is 2.60. The molecule has 0 unspecified atom stereocenters. The van der Waals surface area contributed by atoms with Crippen molar-refractivity contribution in [2.24, 2.45) is 0 Å².